The van der Waals surface area contributed by atoms with Gasteiger partial charge in [-0.2, -0.15) is 5.10 Å². The van der Waals surface area contributed by atoms with Crippen LogP contribution in [-0.4, -0.2) is 41.3 Å². The minimum absolute atomic E-state index is 0.0579. The van der Waals surface area contributed by atoms with Gasteiger partial charge in [0, 0.05) is 20.6 Å². The molecule has 0 saturated heterocycles. The van der Waals surface area contributed by atoms with Crippen molar-refractivity contribution in [3.05, 3.63) is 12.4 Å². The lowest BCUT2D eigenvalue weighted by Gasteiger charge is -2.09. The summed E-state index contributed by atoms with van der Waals surface area (Å²) in [6, 6.07) is 0. The fourth-order valence-corrected chi connectivity index (χ4v) is 0.866. The molecule has 0 aromatic carbocycles. The smallest absolute Gasteiger partial charge is 0.259 e. The second kappa shape index (κ2) is 4.64. The molecule has 1 heterocycles. The molecule has 1 aromatic rings. The number of ether oxygens (including phenoxy) is 1. The third kappa shape index (κ3) is 2.76. The van der Waals surface area contributed by atoms with Crippen molar-refractivity contribution in [2.75, 3.05) is 20.7 Å². The van der Waals surface area contributed by atoms with Crippen LogP contribution in [0.1, 0.15) is 6.92 Å². The van der Waals surface area contributed by atoms with Crippen LogP contribution < -0.4 is 4.74 Å². The van der Waals surface area contributed by atoms with Crippen molar-refractivity contribution < 1.29 is 9.53 Å². The van der Waals surface area contributed by atoms with E-state index in [0.29, 0.717) is 5.75 Å². The maximum atomic E-state index is 11.2. The number of aromatic nitrogens is 2. The number of carbonyl (C=O) groups excluding carboxylic acids is 1. The normalized spacial score (nSPS) is 9.93. The monoisotopic (exact) mass is 197 g/mol. The van der Waals surface area contributed by atoms with E-state index in [2.05, 4.69) is 5.10 Å². The zero-order valence-corrected chi connectivity index (χ0v) is 8.73. The van der Waals surface area contributed by atoms with Gasteiger partial charge in [-0.05, 0) is 6.92 Å². The van der Waals surface area contributed by atoms with Gasteiger partial charge in [0.2, 0.25) is 0 Å². The molecule has 5 heteroatoms. The fraction of sp³-hybridized carbons (Fsp3) is 0.556. The summed E-state index contributed by atoms with van der Waals surface area (Å²) in [4.78, 5) is 12.7. The average molecular weight is 197 g/mol. The molecule has 5 nitrogen and oxygen atoms in total. The zero-order valence-electron chi connectivity index (χ0n) is 8.73. The minimum Gasteiger partial charge on any atom is -0.480 e. The van der Waals surface area contributed by atoms with Crippen LogP contribution in [0.4, 0.5) is 0 Å². The standard InChI is InChI=1S/C9H15N3O2/c1-4-12-6-8(5-10-12)14-7-9(13)11(2)3/h5-6H,4,7H2,1-3H3. The third-order valence-corrected chi connectivity index (χ3v) is 1.79. The molecule has 14 heavy (non-hydrogen) atoms. The quantitative estimate of drug-likeness (QED) is 0.700. The molecule has 0 radical (unpaired) electrons. The van der Waals surface area contributed by atoms with Crippen LogP contribution in [0.5, 0.6) is 5.75 Å². The number of rotatable bonds is 4. The number of aryl methyl sites for hydroxylation is 1. The number of hydrogen-bond acceptors (Lipinski definition) is 3. The summed E-state index contributed by atoms with van der Waals surface area (Å²) >= 11 is 0. The molecule has 1 amide bonds. The predicted molar refractivity (Wildman–Crippen MR) is 52.1 cm³/mol. The van der Waals surface area contributed by atoms with Gasteiger partial charge in [-0.15, -0.1) is 0 Å². The number of nitrogens with zero attached hydrogens (tertiary/aromatic N) is 3. The lowest BCUT2D eigenvalue weighted by atomic mass is 10.6. The van der Waals surface area contributed by atoms with Gasteiger partial charge in [0.05, 0.1) is 12.4 Å². The van der Waals surface area contributed by atoms with E-state index in [1.54, 1.807) is 31.2 Å². The SMILES string of the molecule is CCn1cc(OCC(=O)N(C)C)cn1. The molecule has 0 aliphatic heterocycles. The van der Waals surface area contributed by atoms with Gasteiger partial charge in [-0.25, -0.2) is 0 Å². The Kier molecular flexibility index (Phi) is 3.50. The highest BCUT2D eigenvalue weighted by atomic mass is 16.5. The van der Waals surface area contributed by atoms with Crippen molar-refractivity contribution in [3.63, 3.8) is 0 Å². The van der Waals surface area contributed by atoms with Crippen molar-refractivity contribution >= 4 is 5.91 Å². The first-order valence-corrected chi connectivity index (χ1v) is 4.49. The summed E-state index contributed by atoms with van der Waals surface area (Å²) in [7, 11) is 3.39. The molecule has 0 fully saturated rings. The van der Waals surface area contributed by atoms with Crippen molar-refractivity contribution in [2.45, 2.75) is 13.5 Å². The number of hydrogen-bond donors (Lipinski definition) is 0. The van der Waals surface area contributed by atoms with Crippen LogP contribution in [0.25, 0.3) is 0 Å². The molecule has 1 rings (SSSR count). The molecule has 1 aromatic heterocycles. The van der Waals surface area contributed by atoms with E-state index in [9.17, 15) is 4.79 Å². The molecule has 78 valence electrons. The summed E-state index contributed by atoms with van der Waals surface area (Å²) in [5.41, 5.74) is 0. The maximum absolute atomic E-state index is 11.2. The fourth-order valence-electron chi connectivity index (χ4n) is 0.866. The Morgan fingerprint density at radius 2 is 2.36 bits per heavy atom. The van der Waals surface area contributed by atoms with E-state index < -0.39 is 0 Å². The maximum Gasteiger partial charge on any atom is 0.259 e. The molecule has 0 saturated carbocycles. The average Bonchev–Trinajstić information content (AvgIpc) is 2.61. The molecule has 0 unspecified atom stereocenters. The van der Waals surface area contributed by atoms with Crippen LogP contribution >= 0.6 is 0 Å². The van der Waals surface area contributed by atoms with Crippen LogP contribution in [0, 0.1) is 0 Å². The Bertz CT molecular complexity index is 307. The molecule has 0 atom stereocenters. The largest absolute Gasteiger partial charge is 0.480 e. The zero-order chi connectivity index (χ0) is 10.6. The lowest BCUT2D eigenvalue weighted by Crippen LogP contribution is -2.27. The van der Waals surface area contributed by atoms with E-state index in [4.69, 9.17) is 4.74 Å². The molecule has 0 bridgehead atoms. The molecule has 0 aliphatic carbocycles. The summed E-state index contributed by atoms with van der Waals surface area (Å²) in [5.74, 6) is 0.566. The topological polar surface area (TPSA) is 47.4 Å². The Labute approximate surface area is 83.3 Å². The Morgan fingerprint density at radius 3 is 2.86 bits per heavy atom. The molecule has 0 aliphatic rings. The van der Waals surface area contributed by atoms with Crippen LogP contribution in [-0.2, 0) is 11.3 Å². The highest BCUT2D eigenvalue weighted by Gasteiger charge is 2.05. The van der Waals surface area contributed by atoms with Crippen LogP contribution in [0.2, 0.25) is 0 Å². The van der Waals surface area contributed by atoms with Crippen molar-refractivity contribution in [1.82, 2.24) is 14.7 Å². The highest BCUT2D eigenvalue weighted by molar-refractivity contribution is 5.77. The minimum atomic E-state index is -0.0609. The van der Waals surface area contributed by atoms with E-state index >= 15 is 0 Å². The summed E-state index contributed by atoms with van der Waals surface area (Å²) < 4.78 is 6.98. The lowest BCUT2D eigenvalue weighted by molar-refractivity contribution is -0.130. The summed E-state index contributed by atoms with van der Waals surface area (Å²) in [6.07, 6.45) is 3.37. The van der Waals surface area contributed by atoms with Gasteiger partial charge in [0.15, 0.2) is 12.4 Å². The van der Waals surface area contributed by atoms with Gasteiger partial charge in [0.25, 0.3) is 5.91 Å². The first-order chi connectivity index (χ1) is 6.63. The van der Waals surface area contributed by atoms with E-state index in [1.165, 1.54) is 4.90 Å². The predicted octanol–water partition coefficient (Wildman–Crippen LogP) is 0.370. The van der Waals surface area contributed by atoms with Crippen molar-refractivity contribution in [3.8, 4) is 5.75 Å². The van der Waals surface area contributed by atoms with E-state index in [0.717, 1.165) is 6.54 Å². The summed E-state index contributed by atoms with van der Waals surface area (Å²) in [6.45, 7) is 2.84. The van der Waals surface area contributed by atoms with Crippen molar-refractivity contribution in [2.24, 2.45) is 0 Å². The number of amides is 1. The number of likely N-dealkylation sites (N-methyl/N-ethyl adjacent to an activating group) is 1. The molecular formula is C9H15N3O2. The second-order valence-corrected chi connectivity index (χ2v) is 3.11. The van der Waals surface area contributed by atoms with Crippen LogP contribution in [0.15, 0.2) is 12.4 Å². The number of carbonyl (C=O) groups is 1. The first-order valence-electron chi connectivity index (χ1n) is 4.49. The molecule has 0 N–H and O–H groups in total. The van der Waals surface area contributed by atoms with Gasteiger partial charge in [0.1, 0.15) is 0 Å². The summed E-state index contributed by atoms with van der Waals surface area (Å²) in [5, 5.41) is 4.02. The highest BCUT2D eigenvalue weighted by Crippen LogP contribution is 2.07. The first kappa shape index (κ1) is 10.6. The van der Waals surface area contributed by atoms with Gasteiger partial charge in [-0.3, -0.25) is 9.48 Å². The van der Waals surface area contributed by atoms with Crippen LogP contribution in [0.3, 0.4) is 0 Å². The Balaban J connectivity index is 2.41. The van der Waals surface area contributed by atoms with E-state index in [-0.39, 0.29) is 12.5 Å². The Hall–Kier alpha value is -1.52. The van der Waals surface area contributed by atoms with Gasteiger partial charge >= 0.3 is 0 Å². The second-order valence-electron chi connectivity index (χ2n) is 3.11. The van der Waals surface area contributed by atoms with Gasteiger partial charge < -0.3 is 9.64 Å². The third-order valence-electron chi connectivity index (χ3n) is 1.79. The van der Waals surface area contributed by atoms with Gasteiger partial charge in [-0.1, -0.05) is 0 Å². The Morgan fingerprint density at radius 1 is 1.64 bits per heavy atom. The van der Waals surface area contributed by atoms with Crippen molar-refractivity contribution in [1.29, 1.82) is 0 Å². The molecule has 0 spiro atoms. The molecular weight excluding hydrogens is 182 g/mol. The van der Waals surface area contributed by atoms with E-state index in [1.807, 2.05) is 6.92 Å².